The van der Waals surface area contributed by atoms with E-state index in [1.165, 1.54) is 42.5 Å². The molecule has 2 heterocycles. The standard InChI is InChI=1S/C13H15BFNO2.C9H8FNO.C9H10N2O2.C7H3BrFN.C7H4FNO.2CH4.I26.I24/c1-12(2)13(3,4)18-14(17-12)10-7-5-6-9(8-16)11(10)15;1-2-12-8-5-3-4-7(6-11)9(8)10;1-2-12-7-5-3-4-6-8(7)13-11-9(6)10;8-6-3-1-2-5(4-10)7(6)9;8-7-5(4-9)2-1-3-6(7)10;;;1-15(2)17(5)19(7)21(9)23(11)25(13)26(14)24(12)22(10)20(8)18(6)16(3)4;1-14(2)16(5)18(7)20(9)22(11)24(13)23(12)21(10)19(8)17(6)15(3)4/h5-7H,1-4H3;3-5H,2H2,1H3;3-5H,2H2,1H3,(H2,10,11);1-3H;1-3,10H;2*1H4;;. The predicted octanol–water partition coefficient (Wildman–Crippen LogP) is 55.3. The molecule has 0 amide bonds. The van der Waals surface area contributed by atoms with Crippen molar-refractivity contribution >= 4 is 729 Å². The fraction of sp³-hybridized carbons (Fsp3) is 0.255. The number of nitriles is 4. The molecule has 7 rings (SSSR count). The molecule has 0 spiro atoms. The van der Waals surface area contributed by atoms with Gasteiger partial charge in [0.25, 0.3) is 0 Å². The van der Waals surface area contributed by atoms with Gasteiger partial charge in [0, 0.05) is 5.46 Å². The molecule has 6 aromatic rings. The Morgan fingerprint density at radius 3 is 0.991 bits per heavy atom. The molecule has 0 atom stereocenters. The Kier molecular flexibility index (Phi) is 104. The van der Waals surface area contributed by atoms with Crippen molar-refractivity contribution in [2.75, 3.05) is 18.9 Å². The van der Waals surface area contributed by atoms with Crippen molar-refractivity contribution in [2.24, 2.45) is 0 Å². The van der Waals surface area contributed by atoms with E-state index in [0.717, 1.165) is 5.39 Å². The van der Waals surface area contributed by atoms with Gasteiger partial charge in [-0.3, -0.25) is 0 Å². The fourth-order valence-corrected chi connectivity index (χ4v) is 7970. The van der Waals surface area contributed by atoms with E-state index >= 15 is 0 Å². The van der Waals surface area contributed by atoms with Crippen LogP contribution in [0.5, 0.6) is 17.2 Å². The van der Waals surface area contributed by atoms with E-state index in [2.05, 4.69) is 524 Å². The molecule has 1 saturated heterocycles. The van der Waals surface area contributed by atoms with Crippen LogP contribution in [0.15, 0.2) is 100.0 Å². The minimum atomic E-state index is -0.856. The molecular formula is C47H48BBrF4I50N6O6. The molecular weight excluding hydrogens is 7260 g/mol. The zero-order valence-electron chi connectivity index (χ0n) is 53.7. The van der Waals surface area contributed by atoms with Gasteiger partial charge < -0.3 is 34.1 Å². The number of phenols is 1. The predicted molar refractivity (Wildman–Crippen MR) is 945 cm³/mol. The van der Waals surface area contributed by atoms with Gasteiger partial charge in [0.15, 0.2) is 40.5 Å². The van der Waals surface area contributed by atoms with E-state index in [1.54, 1.807) is 55.5 Å². The molecule has 1 aliphatic heterocycles. The van der Waals surface area contributed by atoms with Gasteiger partial charge in [0.05, 0.1) is 56.5 Å². The number of hydrogen-bond donors (Lipinski definition) is 2. The zero-order valence-corrected chi connectivity index (χ0v) is 163. The van der Waals surface area contributed by atoms with Crippen molar-refractivity contribution in [2.45, 2.75) is 67.6 Å². The number of aromatic nitrogens is 1. The van der Waals surface area contributed by atoms with E-state index < -0.39 is 229 Å². The van der Waals surface area contributed by atoms with E-state index in [-0.39, 0.29) is 48.3 Å². The van der Waals surface area contributed by atoms with Crippen LogP contribution in [0.2, 0.25) is 0 Å². The normalized spacial score (nSPS) is 14.8. The van der Waals surface area contributed by atoms with Crippen molar-refractivity contribution < 1.29 is 46.0 Å². The average Bonchev–Trinajstić information content (AvgIpc) is 1.62. The Morgan fingerprint density at radius 2 is 0.678 bits per heavy atom. The summed E-state index contributed by atoms with van der Waals surface area (Å²) in [6.07, 6.45) is 0. The van der Waals surface area contributed by atoms with Crippen LogP contribution in [0.25, 0.3) is 11.0 Å². The Labute approximate surface area is 1030 Å². The molecule has 0 bridgehead atoms. The summed E-state index contributed by atoms with van der Waals surface area (Å²) in [4.78, 5) is 0. The van der Waals surface area contributed by atoms with Gasteiger partial charge in [-0.2, -0.15) is 21.0 Å². The summed E-state index contributed by atoms with van der Waals surface area (Å²) in [5, 5.41) is 47.0. The molecule has 1 fully saturated rings. The maximum absolute atomic E-state index is 14.0. The van der Waals surface area contributed by atoms with Crippen LogP contribution in [0.3, 0.4) is 0 Å². The van der Waals surface area contributed by atoms with Crippen LogP contribution in [0.4, 0.5) is 23.4 Å². The summed E-state index contributed by atoms with van der Waals surface area (Å²) in [6.45, 7) is 12.3. The van der Waals surface area contributed by atoms with Crippen molar-refractivity contribution in [3.8, 4) is 41.5 Å². The quantitative estimate of drug-likeness (QED) is 0.0296. The number of phenolic OH excluding ortho intramolecular Hbond substituents is 1. The first-order valence-electron chi connectivity index (χ1n) is 25.6. The van der Waals surface area contributed by atoms with Crippen LogP contribution in [-0.4, -0.2) is 41.8 Å². The molecule has 0 radical (unpaired) electrons. The number of rotatable bonds is 26. The number of halogens is 55. The maximum atomic E-state index is 14.0. The molecule has 690 valence electrons. The smallest absolute Gasteiger partial charge is 0.182 e. The van der Waals surface area contributed by atoms with Crippen LogP contribution in [0, 0.1) is 68.6 Å². The number of hydrogen-bond acceptors (Lipinski definition) is 12. The van der Waals surface area contributed by atoms with Gasteiger partial charge in [0.1, 0.15) is 30.1 Å². The Bertz CT molecular complexity index is 3920. The Morgan fingerprint density at radius 1 is 0.409 bits per heavy atom. The second-order valence-electron chi connectivity index (χ2n) is 17.4. The molecule has 0 unspecified atom stereocenters. The third kappa shape index (κ3) is 54.5. The monoisotopic (exact) mass is 7300 g/mol. The molecule has 5 aromatic carbocycles. The Hall–Kier alpha value is 29.4. The molecule has 3 N–H and O–H groups in total. The SMILES string of the molecule is C.C.CC1(C)OB(c2cccc(C#N)c2F)OC1(C)C.CCOc1cccc(C#N)c1F.CCOc1cccc2c(N)noc12.II(I)I(I)I(I)I(I)I(I)I(I)I(I)I(I)I(I)I(I)I(I)I.II(I)I(I)I(I)I(I)I(I)I(I)I(I)I(I)I(I)I(I)I(I)I(I)I.N#Cc1cccc(Br)c1F.N#Cc1cccc(O)c1F. The van der Waals surface area contributed by atoms with E-state index in [4.69, 9.17) is 55.2 Å². The Balaban J connectivity index is 0. The van der Waals surface area contributed by atoms with Crippen LogP contribution < -0.4 is 20.7 Å². The topological polar surface area (TPSA) is 204 Å². The minimum Gasteiger partial charge on any atom is -0.505 e. The van der Waals surface area contributed by atoms with Gasteiger partial charge in [-0.05, 0) is 112 Å². The number of benzene rings is 5. The van der Waals surface area contributed by atoms with Gasteiger partial charge in [-0.25, -0.2) is 17.6 Å². The van der Waals surface area contributed by atoms with Crippen LogP contribution >= 0.6 is 700 Å². The van der Waals surface area contributed by atoms with Crippen molar-refractivity contribution in [1.29, 1.82) is 21.0 Å². The third-order valence-corrected chi connectivity index (χ3v) is 3480. The zero-order chi connectivity index (χ0) is 87.2. The van der Waals surface area contributed by atoms with Crippen LogP contribution in [0.1, 0.15) is 78.6 Å². The van der Waals surface area contributed by atoms with Gasteiger partial charge in [0.2, 0.25) is 5.58 Å². The number of ether oxygens (including phenoxy) is 2. The number of fused-ring (bicyclic) bond motifs is 1. The molecule has 1 aromatic heterocycles. The van der Waals surface area contributed by atoms with E-state index in [9.17, 15) is 17.6 Å². The number of para-hydroxylation sites is 1. The number of nitrogen functional groups attached to an aromatic ring is 1. The van der Waals surface area contributed by atoms with Crippen LogP contribution in [-0.2, 0) is 9.31 Å². The second kappa shape index (κ2) is 81.9. The summed E-state index contributed by atoms with van der Waals surface area (Å²) in [5.41, 5.74) is 5.36. The number of nitrogens with two attached hydrogens (primary N) is 1. The maximum Gasteiger partial charge on any atom is 0.182 e. The second-order valence-corrected chi connectivity index (χ2v) is 1140. The minimum absolute atomic E-state index is 0. The largest absolute Gasteiger partial charge is 0.505 e. The first-order valence-corrected chi connectivity index (χ1v) is 328. The molecule has 12 nitrogen and oxygen atoms in total. The number of nitrogens with zero attached hydrogens (tertiary/aromatic N) is 5. The van der Waals surface area contributed by atoms with Crippen molar-refractivity contribution in [3.63, 3.8) is 0 Å². The van der Waals surface area contributed by atoms with Gasteiger partial charge >= 0.3 is 691 Å². The first-order chi connectivity index (χ1) is 52.5. The number of anilines is 1. The fourth-order valence-electron chi connectivity index (χ4n) is 5.66. The number of aromatic hydroxyl groups is 1. The third-order valence-electron chi connectivity index (χ3n) is 10.7. The summed E-state index contributed by atoms with van der Waals surface area (Å²) < 4.78 is 79.6. The van der Waals surface area contributed by atoms with Gasteiger partial charge in [-0.1, -0.05) is 56.4 Å². The average molecular weight is 7300 g/mol. The van der Waals surface area contributed by atoms with Crippen molar-refractivity contribution in [3.05, 3.63) is 141 Å². The van der Waals surface area contributed by atoms with E-state index in [1.807, 2.05) is 58.9 Å². The molecule has 1 aliphatic rings. The molecule has 115 heavy (non-hydrogen) atoms. The summed E-state index contributed by atoms with van der Waals surface area (Å²) in [7, 11) is -10.9. The summed E-state index contributed by atoms with van der Waals surface area (Å²) >= 11 is 86.5. The molecule has 68 heteroatoms. The summed E-state index contributed by atoms with van der Waals surface area (Å²) in [5.74, 6) is -1.77. The summed E-state index contributed by atoms with van der Waals surface area (Å²) in [6, 6.07) is 30.1. The van der Waals surface area contributed by atoms with Gasteiger partial charge in [-0.15, -0.1) is 0 Å². The van der Waals surface area contributed by atoms with Crippen molar-refractivity contribution in [1.82, 2.24) is 5.16 Å². The molecule has 0 aliphatic carbocycles. The molecule has 0 saturated carbocycles. The van der Waals surface area contributed by atoms with E-state index in [0.29, 0.717) is 34.8 Å². The first kappa shape index (κ1) is 146.